The number of Topliss-reactive ketones (excluding diaryl/α,β-unsaturated/α-hetero) is 1. The molecule has 1 aromatic carbocycles. The zero-order chi connectivity index (χ0) is 13.5. The molecule has 0 aliphatic rings. The van der Waals surface area contributed by atoms with Gasteiger partial charge in [-0.15, -0.1) is 0 Å². The molecular formula is C15H23NO2. The monoisotopic (exact) mass is 249 g/mol. The van der Waals surface area contributed by atoms with Gasteiger partial charge < -0.3 is 5.11 Å². The fraction of sp³-hybridized carbons (Fsp3) is 0.533. The van der Waals surface area contributed by atoms with Gasteiger partial charge in [-0.25, -0.2) is 0 Å². The molecule has 3 nitrogen and oxygen atoms in total. The highest BCUT2D eigenvalue weighted by molar-refractivity contribution is 5.97. The van der Waals surface area contributed by atoms with Crippen molar-refractivity contribution in [3.05, 3.63) is 35.4 Å². The Morgan fingerprint density at radius 2 is 1.94 bits per heavy atom. The van der Waals surface area contributed by atoms with Crippen LogP contribution in [0.25, 0.3) is 0 Å². The van der Waals surface area contributed by atoms with Gasteiger partial charge in [-0.05, 0) is 26.0 Å². The number of aliphatic hydroxyl groups excluding tert-OH is 1. The summed E-state index contributed by atoms with van der Waals surface area (Å²) >= 11 is 0. The lowest BCUT2D eigenvalue weighted by Gasteiger charge is -2.17. The normalized spacial score (nSPS) is 12.7. The maximum absolute atomic E-state index is 12.0. The van der Waals surface area contributed by atoms with E-state index in [-0.39, 0.29) is 5.78 Å². The zero-order valence-electron chi connectivity index (χ0n) is 11.5. The van der Waals surface area contributed by atoms with Crippen LogP contribution in [0.2, 0.25) is 0 Å². The molecule has 0 amide bonds. The standard InChI is InChI=1S/C15H23NO2/c1-4-5-13-6-8-14(9-7-13)15(18)11-16(3)10-12(2)17/h6-9,12,17H,4-5,10-11H2,1-3H3. The molecule has 18 heavy (non-hydrogen) atoms. The highest BCUT2D eigenvalue weighted by atomic mass is 16.3. The second-order valence-corrected chi connectivity index (χ2v) is 4.92. The van der Waals surface area contributed by atoms with Crippen molar-refractivity contribution < 1.29 is 9.90 Å². The van der Waals surface area contributed by atoms with Crippen molar-refractivity contribution >= 4 is 5.78 Å². The molecule has 0 radical (unpaired) electrons. The van der Waals surface area contributed by atoms with Crippen LogP contribution in [0.4, 0.5) is 0 Å². The fourth-order valence-electron chi connectivity index (χ4n) is 2.00. The number of ketones is 1. The van der Waals surface area contributed by atoms with Crippen LogP contribution in [0.15, 0.2) is 24.3 Å². The van der Waals surface area contributed by atoms with Gasteiger partial charge in [0.25, 0.3) is 0 Å². The molecule has 0 bridgehead atoms. The van der Waals surface area contributed by atoms with Gasteiger partial charge in [-0.2, -0.15) is 0 Å². The molecule has 100 valence electrons. The largest absolute Gasteiger partial charge is 0.392 e. The number of carbonyl (C=O) groups excluding carboxylic acids is 1. The number of rotatable bonds is 7. The number of aryl methyl sites for hydroxylation is 1. The number of aliphatic hydroxyl groups is 1. The van der Waals surface area contributed by atoms with Gasteiger partial charge in [0.2, 0.25) is 0 Å². The van der Waals surface area contributed by atoms with Gasteiger partial charge in [-0.3, -0.25) is 9.69 Å². The van der Waals surface area contributed by atoms with Crippen LogP contribution >= 0.6 is 0 Å². The minimum absolute atomic E-state index is 0.0983. The van der Waals surface area contributed by atoms with Crippen LogP contribution in [0.1, 0.15) is 36.2 Å². The first-order valence-corrected chi connectivity index (χ1v) is 6.51. The van der Waals surface area contributed by atoms with E-state index in [0.717, 1.165) is 18.4 Å². The maximum atomic E-state index is 12.0. The number of benzene rings is 1. The molecule has 1 rings (SSSR count). The molecule has 0 heterocycles. The maximum Gasteiger partial charge on any atom is 0.176 e. The quantitative estimate of drug-likeness (QED) is 0.753. The Kier molecular flexibility index (Phi) is 6.02. The average molecular weight is 249 g/mol. The van der Waals surface area contributed by atoms with E-state index in [1.807, 2.05) is 36.2 Å². The van der Waals surface area contributed by atoms with Crippen molar-refractivity contribution in [1.29, 1.82) is 0 Å². The van der Waals surface area contributed by atoms with Crippen LogP contribution in [0.5, 0.6) is 0 Å². The highest BCUT2D eigenvalue weighted by Gasteiger charge is 2.10. The molecule has 1 aromatic rings. The molecule has 0 aliphatic heterocycles. The van der Waals surface area contributed by atoms with E-state index < -0.39 is 6.10 Å². The van der Waals surface area contributed by atoms with Crippen molar-refractivity contribution in [3.63, 3.8) is 0 Å². The lowest BCUT2D eigenvalue weighted by Crippen LogP contribution is -2.32. The lowest BCUT2D eigenvalue weighted by molar-refractivity contribution is 0.0901. The van der Waals surface area contributed by atoms with Gasteiger partial charge in [0, 0.05) is 12.1 Å². The molecule has 0 fully saturated rings. The summed E-state index contributed by atoms with van der Waals surface area (Å²) in [7, 11) is 1.84. The predicted molar refractivity (Wildman–Crippen MR) is 73.9 cm³/mol. The summed E-state index contributed by atoms with van der Waals surface area (Å²) in [5, 5.41) is 9.25. The van der Waals surface area contributed by atoms with Crippen molar-refractivity contribution in [2.24, 2.45) is 0 Å². The van der Waals surface area contributed by atoms with E-state index in [4.69, 9.17) is 0 Å². The molecule has 0 saturated heterocycles. The lowest BCUT2D eigenvalue weighted by atomic mass is 10.1. The van der Waals surface area contributed by atoms with Crippen molar-refractivity contribution in [1.82, 2.24) is 4.90 Å². The number of hydrogen-bond acceptors (Lipinski definition) is 3. The Bertz CT molecular complexity index is 371. The first-order valence-electron chi connectivity index (χ1n) is 6.51. The third kappa shape index (κ3) is 4.98. The average Bonchev–Trinajstić information content (AvgIpc) is 2.29. The van der Waals surface area contributed by atoms with Gasteiger partial charge in [0.05, 0.1) is 12.6 Å². The third-order valence-electron chi connectivity index (χ3n) is 2.80. The van der Waals surface area contributed by atoms with E-state index in [9.17, 15) is 9.90 Å². The first-order chi connectivity index (χ1) is 8.52. The summed E-state index contributed by atoms with van der Waals surface area (Å²) in [6.45, 7) is 4.72. The van der Waals surface area contributed by atoms with Gasteiger partial charge in [0.15, 0.2) is 5.78 Å². The third-order valence-corrected chi connectivity index (χ3v) is 2.80. The molecule has 1 unspecified atom stereocenters. The van der Waals surface area contributed by atoms with Crippen molar-refractivity contribution in [2.75, 3.05) is 20.1 Å². The Morgan fingerprint density at radius 1 is 1.33 bits per heavy atom. The van der Waals surface area contributed by atoms with Crippen LogP contribution in [0, 0.1) is 0 Å². The van der Waals surface area contributed by atoms with Crippen molar-refractivity contribution in [3.8, 4) is 0 Å². The van der Waals surface area contributed by atoms with Gasteiger partial charge >= 0.3 is 0 Å². The first kappa shape index (κ1) is 14.9. The summed E-state index contributed by atoms with van der Waals surface area (Å²) in [5.74, 6) is 0.0983. The van der Waals surface area contributed by atoms with E-state index >= 15 is 0 Å². The molecule has 3 heteroatoms. The second-order valence-electron chi connectivity index (χ2n) is 4.92. The van der Waals surface area contributed by atoms with Crippen LogP contribution in [-0.4, -0.2) is 42.0 Å². The molecule has 0 aromatic heterocycles. The Morgan fingerprint density at radius 3 is 2.44 bits per heavy atom. The summed E-state index contributed by atoms with van der Waals surface area (Å²) < 4.78 is 0. The summed E-state index contributed by atoms with van der Waals surface area (Å²) in [5.41, 5.74) is 2.01. The van der Waals surface area contributed by atoms with Crippen LogP contribution in [0.3, 0.4) is 0 Å². The molecule has 1 atom stereocenters. The molecular weight excluding hydrogens is 226 g/mol. The summed E-state index contributed by atoms with van der Waals surface area (Å²) in [6.07, 6.45) is 1.76. The van der Waals surface area contributed by atoms with E-state index in [1.165, 1.54) is 5.56 Å². The minimum Gasteiger partial charge on any atom is -0.392 e. The predicted octanol–water partition coefficient (Wildman–Crippen LogP) is 2.13. The molecule has 1 N–H and O–H groups in total. The Labute approximate surface area is 109 Å². The number of nitrogens with zero attached hydrogens (tertiary/aromatic N) is 1. The molecule has 0 saturated carbocycles. The molecule has 0 aliphatic carbocycles. The van der Waals surface area contributed by atoms with Crippen LogP contribution in [-0.2, 0) is 6.42 Å². The molecule has 0 spiro atoms. The van der Waals surface area contributed by atoms with E-state index in [0.29, 0.717) is 13.1 Å². The second kappa shape index (κ2) is 7.29. The SMILES string of the molecule is CCCc1ccc(C(=O)CN(C)CC(C)O)cc1. The van der Waals surface area contributed by atoms with Gasteiger partial charge in [-0.1, -0.05) is 37.6 Å². The summed E-state index contributed by atoms with van der Waals surface area (Å²) in [4.78, 5) is 13.8. The fourth-order valence-corrected chi connectivity index (χ4v) is 2.00. The smallest absolute Gasteiger partial charge is 0.176 e. The minimum atomic E-state index is -0.408. The number of likely N-dealkylation sites (N-methyl/N-ethyl adjacent to an activating group) is 1. The summed E-state index contributed by atoms with van der Waals surface area (Å²) in [6, 6.07) is 7.82. The number of hydrogen-bond donors (Lipinski definition) is 1. The van der Waals surface area contributed by atoms with Gasteiger partial charge in [0.1, 0.15) is 0 Å². The zero-order valence-corrected chi connectivity index (χ0v) is 11.5. The van der Waals surface area contributed by atoms with E-state index in [2.05, 4.69) is 6.92 Å². The highest BCUT2D eigenvalue weighted by Crippen LogP contribution is 2.08. The Balaban J connectivity index is 2.56. The van der Waals surface area contributed by atoms with Crippen LogP contribution < -0.4 is 0 Å². The van der Waals surface area contributed by atoms with E-state index in [1.54, 1.807) is 6.92 Å². The van der Waals surface area contributed by atoms with Crippen molar-refractivity contribution in [2.45, 2.75) is 32.8 Å². The number of carbonyl (C=O) groups is 1. The topological polar surface area (TPSA) is 40.5 Å². The Hall–Kier alpha value is -1.19.